The number of allylic oxidation sites excluding steroid dienone is 1. The van der Waals surface area contributed by atoms with Crippen molar-refractivity contribution in [1.82, 2.24) is 58.1 Å². The second-order valence-corrected chi connectivity index (χ2v) is 23.3. The van der Waals surface area contributed by atoms with Gasteiger partial charge in [0.05, 0.1) is 12.6 Å². The van der Waals surface area contributed by atoms with Crippen LogP contribution in [0.3, 0.4) is 0 Å². The highest BCUT2D eigenvalue weighted by Gasteiger charge is 2.42. The number of fused-ring (bicyclic) bond motifs is 1. The fraction of sp³-hybridized carbons (Fsp3) is 0.683. The van der Waals surface area contributed by atoms with Gasteiger partial charge >= 0.3 is 0 Å². The number of carbonyl (C=O) groups excluding carboxylic acids is 11. The third-order valence-corrected chi connectivity index (χ3v) is 15.3. The summed E-state index contributed by atoms with van der Waals surface area (Å²) >= 11 is 0. The Morgan fingerprint density at radius 3 is 1.62 bits per heavy atom. The first-order chi connectivity index (χ1) is 40.3. The van der Waals surface area contributed by atoms with E-state index in [0.717, 1.165) is 17.7 Å². The van der Waals surface area contributed by atoms with Crippen molar-refractivity contribution < 1.29 is 68.1 Å². The van der Waals surface area contributed by atoms with E-state index in [4.69, 9.17) is 0 Å². The lowest BCUT2D eigenvalue weighted by Gasteiger charge is -2.31. The minimum atomic E-state index is -1.52. The number of nitrogens with one attached hydrogen (secondary N) is 10. The smallest absolute Gasteiger partial charge is 0.270 e. The number of benzene rings is 1. The number of carbonyl (C=O) groups is 11. The lowest BCUT2D eigenvalue weighted by atomic mass is 9.93. The average Bonchev–Trinajstić information content (AvgIpc) is 3.93. The van der Waals surface area contributed by atoms with Crippen LogP contribution in [0.25, 0.3) is 0 Å². The Labute approximate surface area is 500 Å². The number of hydrogen-bond acceptors (Lipinski definition) is 14. The molecular formula is C60H97N11O14. The lowest BCUT2D eigenvalue weighted by Crippen LogP contribution is -2.62. The van der Waals surface area contributed by atoms with Gasteiger partial charge < -0.3 is 73.4 Å². The topological polar surface area (TPSA) is 372 Å². The molecule has 0 aromatic heterocycles. The van der Waals surface area contributed by atoms with Crippen LogP contribution >= 0.6 is 0 Å². The van der Waals surface area contributed by atoms with E-state index in [1.54, 1.807) is 44.2 Å². The van der Waals surface area contributed by atoms with Crippen LogP contribution in [0.1, 0.15) is 152 Å². The number of hydrogen-bond donors (Lipinski definition) is 13. The molecule has 476 valence electrons. The first-order valence-electron chi connectivity index (χ1n) is 30.2. The van der Waals surface area contributed by atoms with Crippen LogP contribution < -0.4 is 53.2 Å². The van der Waals surface area contributed by atoms with Crippen molar-refractivity contribution in [2.75, 3.05) is 26.3 Å². The largest absolute Gasteiger partial charge is 0.396 e. The van der Waals surface area contributed by atoms with Gasteiger partial charge in [-0.25, -0.2) is 0 Å². The fourth-order valence-electron chi connectivity index (χ4n) is 10.1. The first-order valence-corrected chi connectivity index (χ1v) is 30.2. The molecule has 0 radical (unpaired) electrons. The molecule has 12 atom stereocenters. The maximum atomic E-state index is 14.6. The summed E-state index contributed by atoms with van der Waals surface area (Å²) in [7, 11) is 0. The molecule has 25 heteroatoms. The van der Waals surface area contributed by atoms with Gasteiger partial charge in [0, 0.05) is 45.1 Å². The Morgan fingerprint density at radius 2 is 1.07 bits per heavy atom. The van der Waals surface area contributed by atoms with Gasteiger partial charge in [-0.2, -0.15) is 0 Å². The second kappa shape index (κ2) is 36.8. The summed E-state index contributed by atoms with van der Waals surface area (Å²) in [6, 6.07) is -2.83. The summed E-state index contributed by atoms with van der Waals surface area (Å²) in [6.45, 7) is 15.7. The molecule has 2 aliphatic rings. The molecule has 0 saturated carbocycles. The number of aliphatic hydroxyl groups is 3. The van der Waals surface area contributed by atoms with Crippen molar-refractivity contribution in [1.29, 1.82) is 0 Å². The van der Waals surface area contributed by atoms with E-state index in [1.165, 1.54) is 13.0 Å². The Morgan fingerprint density at radius 1 is 0.565 bits per heavy atom. The van der Waals surface area contributed by atoms with E-state index >= 15 is 0 Å². The highest BCUT2D eigenvalue weighted by Crippen LogP contribution is 2.22. The molecule has 1 aromatic rings. The Hall–Kier alpha value is -6.99. The SMILES string of the molecule is C/C=C1/NC(=O)[C@H](CCO)NC(=O)CC(CCCCC)NC(=O)CNC(=O)[C@H](CC(C)C)NC(=O)[C@@H]([C@@H](C)CC)NC(=O)[C@H]([C@H](C)CC)NC(=O)[C@@H](CC(C)C)NC(=O)[C@@H](Cc2ccccc2)NC(=O)[C@H](CCO)NC(=O)[C@H]2C[C@@H](O)CN2C1=O. The summed E-state index contributed by atoms with van der Waals surface area (Å²) in [5, 5.41) is 57.9. The standard InChI is InChI=1S/C60H97N11O14/c1-11-15-17-22-39-30-48(75)63-42(23-25-72)53(78)64-41(14-4)60(85)71-33-40(74)31-47(71)57(82)65-43(24-26-73)54(79)67-46(29-38-20-18-16-19-21-38)55(80)66-45(28-35(7)8)56(81)69-51(37(10)13-3)59(84)70-50(36(9)12-2)58(83)68-44(27-34(5)6)52(77)61-32-49(76)62-39/h14,16,18-21,34-37,39-40,42-47,50-51,72-74H,11-13,15,17,22-33H2,1-10H3,(H,61,77)(H,62,76)(H,63,75)(H,64,78)(H,65,82)(H,66,80)(H,67,79)(H,68,83)(H,69,81)(H,70,84)/b41-14+/t36-,37+,39?,40+,42-,43-,44-,45+,46+,47+,50+,51-/m0/s1. The minimum absolute atomic E-state index is 0.0703. The summed E-state index contributed by atoms with van der Waals surface area (Å²) in [6.07, 6.45) is 2.09. The molecule has 13 N–H and O–H groups in total. The Bertz CT molecular complexity index is 2440. The number of rotatable bonds is 18. The first kappa shape index (κ1) is 72.3. The number of unbranched alkanes of at least 4 members (excludes halogenated alkanes) is 2. The zero-order valence-corrected chi connectivity index (χ0v) is 51.3. The van der Waals surface area contributed by atoms with Crippen molar-refractivity contribution in [2.45, 2.75) is 213 Å². The predicted molar refractivity (Wildman–Crippen MR) is 317 cm³/mol. The van der Waals surface area contributed by atoms with Crippen LogP contribution in [0, 0.1) is 23.7 Å². The molecule has 85 heavy (non-hydrogen) atoms. The van der Waals surface area contributed by atoms with E-state index in [1.807, 2.05) is 48.5 Å². The molecular weight excluding hydrogens is 1100 g/mol. The summed E-state index contributed by atoms with van der Waals surface area (Å²) < 4.78 is 0. The van der Waals surface area contributed by atoms with Crippen molar-refractivity contribution in [3.8, 4) is 0 Å². The molecule has 2 heterocycles. The molecule has 11 amide bonds. The van der Waals surface area contributed by atoms with E-state index in [0.29, 0.717) is 31.2 Å². The normalized spacial score (nSPS) is 27.0. The zero-order valence-electron chi connectivity index (χ0n) is 51.3. The Kier molecular flexibility index (Phi) is 31.3. The average molecular weight is 1200 g/mol. The van der Waals surface area contributed by atoms with E-state index in [2.05, 4.69) is 53.2 Å². The summed E-state index contributed by atoms with van der Waals surface area (Å²) in [4.78, 5) is 157. The maximum absolute atomic E-state index is 14.6. The molecule has 2 saturated heterocycles. The molecule has 2 fully saturated rings. The second-order valence-electron chi connectivity index (χ2n) is 23.3. The minimum Gasteiger partial charge on any atom is -0.396 e. The van der Waals surface area contributed by atoms with Gasteiger partial charge in [0.15, 0.2) is 0 Å². The van der Waals surface area contributed by atoms with Crippen LogP contribution in [0.2, 0.25) is 0 Å². The molecule has 25 nitrogen and oxygen atoms in total. The van der Waals surface area contributed by atoms with E-state index in [9.17, 15) is 68.1 Å². The van der Waals surface area contributed by atoms with Crippen LogP contribution in [0.15, 0.2) is 42.1 Å². The number of amides is 11. The summed E-state index contributed by atoms with van der Waals surface area (Å²) in [5.41, 5.74) is 0.241. The molecule has 2 aliphatic heterocycles. The van der Waals surface area contributed by atoms with Gasteiger partial charge in [-0.3, -0.25) is 52.7 Å². The third kappa shape index (κ3) is 23.8. The van der Waals surface area contributed by atoms with E-state index in [-0.39, 0.29) is 69.0 Å². The molecule has 1 aromatic carbocycles. The lowest BCUT2D eigenvalue weighted by molar-refractivity contribution is -0.139. The van der Waals surface area contributed by atoms with Gasteiger partial charge in [-0.05, 0) is 68.3 Å². The van der Waals surface area contributed by atoms with E-state index < -0.39 is 157 Å². The van der Waals surface area contributed by atoms with Crippen LogP contribution in [0.5, 0.6) is 0 Å². The molecule has 0 spiro atoms. The molecule has 0 aliphatic carbocycles. The molecule has 1 unspecified atom stereocenters. The highest BCUT2D eigenvalue weighted by molar-refractivity contribution is 6.02. The van der Waals surface area contributed by atoms with Crippen molar-refractivity contribution in [2.24, 2.45) is 23.7 Å². The number of aliphatic hydroxyl groups excluding tert-OH is 3. The quantitative estimate of drug-likeness (QED) is 0.0687. The maximum Gasteiger partial charge on any atom is 0.270 e. The van der Waals surface area contributed by atoms with Crippen molar-refractivity contribution in [3.63, 3.8) is 0 Å². The van der Waals surface area contributed by atoms with Gasteiger partial charge in [-0.1, -0.05) is 131 Å². The van der Waals surface area contributed by atoms with Crippen LogP contribution in [0.4, 0.5) is 0 Å². The van der Waals surface area contributed by atoms with Gasteiger partial charge in [0.2, 0.25) is 59.1 Å². The van der Waals surface area contributed by atoms with Crippen LogP contribution in [-0.2, 0) is 59.2 Å². The van der Waals surface area contributed by atoms with Crippen molar-refractivity contribution >= 4 is 65.0 Å². The third-order valence-electron chi connectivity index (χ3n) is 15.3. The molecule has 0 bridgehead atoms. The van der Waals surface area contributed by atoms with Crippen molar-refractivity contribution in [3.05, 3.63) is 47.7 Å². The fourth-order valence-corrected chi connectivity index (χ4v) is 10.1. The Balaban J connectivity index is 2.17. The van der Waals surface area contributed by atoms with Crippen LogP contribution in [-0.4, -0.2) is 172 Å². The van der Waals surface area contributed by atoms with Gasteiger partial charge in [0.25, 0.3) is 5.91 Å². The highest BCUT2D eigenvalue weighted by atomic mass is 16.3. The molecule has 3 rings (SSSR count). The predicted octanol–water partition coefficient (Wildman–Crippen LogP) is 0.139. The van der Waals surface area contributed by atoms with Gasteiger partial charge in [-0.15, -0.1) is 0 Å². The van der Waals surface area contributed by atoms with Gasteiger partial charge in [0.1, 0.15) is 54.0 Å². The summed E-state index contributed by atoms with van der Waals surface area (Å²) in [5.74, 6) is -10.0. The number of nitrogens with zero attached hydrogens (tertiary/aromatic N) is 1. The zero-order chi connectivity index (χ0) is 63.5. The monoisotopic (exact) mass is 1200 g/mol.